The molecular weight excluding hydrogens is 270 g/mol. The van der Waals surface area contributed by atoms with Crippen LogP contribution < -0.4 is 15.8 Å². The lowest BCUT2D eigenvalue weighted by Crippen LogP contribution is -2.42. The van der Waals surface area contributed by atoms with Crippen molar-refractivity contribution in [3.63, 3.8) is 0 Å². The molecule has 2 rings (SSSR count). The number of nitrogens with zero attached hydrogens (tertiary/aromatic N) is 1. The average molecular weight is 293 g/mol. The number of amides is 1. The van der Waals surface area contributed by atoms with Gasteiger partial charge in [0.15, 0.2) is 0 Å². The minimum absolute atomic E-state index is 0.222. The summed E-state index contributed by atoms with van der Waals surface area (Å²) in [4.78, 5) is 13.4. The van der Waals surface area contributed by atoms with Crippen LogP contribution in [0.2, 0.25) is 0 Å². The zero-order valence-electron chi connectivity index (χ0n) is 12.6. The number of methoxy groups -OCH3 is 1. The van der Waals surface area contributed by atoms with Crippen molar-refractivity contribution in [2.24, 2.45) is 0 Å². The Balaban J connectivity index is 1.87. The van der Waals surface area contributed by atoms with Crippen LogP contribution in [0.4, 0.5) is 16.2 Å². The van der Waals surface area contributed by atoms with Crippen molar-refractivity contribution in [1.29, 1.82) is 0 Å². The molecule has 0 saturated carbocycles. The summed E-state index contributed by atoms with van der Waals surface area (Å²) in [5.41, 5.74) is 7.58. The van der Waals surface area contributed by atoms with E-state index in [0.29, 0.717) is 31.4 Å². The molecule has 1 aromatic carbocycles. The summed E-state index contributed by atoms with van der Waals surface area (Å²) in [7, 11) is 1.62. The van der Waals surface area contributed by atoms with Crippen LogP contribution in [0.15, 0.2) is 18.2 Å². The Labute approximate surface area is 125 Å². The van der Waals surface area contributed by atoms with Crippen LogP contribution in [0.25, 0.3) is 0 Å². The SMILES string of the molecule is CCOC(=O)N1CCC(Nc2ccc(OC)cc2N)CC1. The van der Waals surface area contributed by atoms with Gasteiger partial charge in [-0.1, -0.05) is 0 Å². The Morgan fingerprint density at radius 3 is 2.71 bits per heavy atom. The molecule has 0 aliphatic carbocycles. The third-order valence-corrected chi connectivity index (χ3v) is 3.64. The molecule has 1 saturated heterocycles. The minimum Gasteiger partial charge on any atom is -0.497 e. The Hall–Kier alpha value is -2.11. The van der Waals surface area contributed by atoms with Crippen LogP contribution in [0.1, 0.15) is 19.8 Å². The molecule has 21 heavy (non-hydrogen) atoms. The molecular formula is C15H23N3O3. The number of nitrogens with two attached hydrogens (primary N) is 1. The van der Waals surface area contributed by atoms with Gasteiger partial charge in [0.1, 0.15) is 5.75 Å². The summed E-state index contributed by atoms with van der Waals surface area (Å²) >= 11 is 0. The Kier molecular flexibility index (Phi) is 5.14. The van der Waals surface area contributed by atoms with Crippen LogP contribution in [0, 0.1) is 0 Å². The number of ether oxygens (including phenoxy) is 2. The van der Waals surface area contributed by atoms with Gasteiger partial charge in [-0.05, 0) is 31.9 Å². The van der Waals surface area contributed by atoms with Crippen LogP contribution >= 0.6 is 0 Å². The highest BCUT2D eigenvalue weighted by molar-refractivity contribution is 5.69. The summed E-state index contributed by atoms with van der Waals surface area (Å²) in [6.45, 7) is 3.64. The monoisotopic (exact) mass is 293 g/mol. The van der Waals surface area contributed by atoms with E-state index in [0.717, 1.165) is 24.3 Å². The number of nitrogens with one attached hydrogen (secondary N) is 1. The Morgan fingerprint density at radius 2 is 2.14 bits per heavy atom. The lowest BCUT2D eigenvalue weighted by atomic mass is 10.0. The lowest BCUT2D eigenvalue weighted by molar-refractivity contribution is 0.0983. The summed E-state index contributed by atoms with van der Waals surface area (Å²) in [6, 6.07) is 5.92. The molecule has 0 bridgehead atoms. The number of hydrogen-bond donors (Lipinski definition) is 2. The predicted molar refractivity (Wildman–Crippen MR) is 82.6 cm³/mol. The largest absolute Gasteiger partial charge is 0.497 e. The number of likely N-dealkylation sites (tertiary alicyclic amines) is 1. The molecule has 1 aliphatic heterocycles. The molecule has 0 radical (unpaired) electrons. The number of nitrogen functional groups attached to an aromatic ring is 1. The van der Waals surface area contributed by atoms with Crippen LogP contribution in [-0.4, -0.2) is 43.8 Å². The van der Waals surface area contributed by atoms with E-state index >= 15 is 0 Å². The lowest BCUT2D eigenvalue weighted by Gasteiger charge is -2.32. The summed E-state index contributed by atoms with van der Waals surface area (Å²) < 4.78 is 10.1. The van der Waals surface area contributed by atoms with E-state index in [-0.39, 0.29) is 6.09 Å². The second-order valence-corrected chi connectivity index (χ2v) is 5.06. The van der Waals surface area contributed by atoms with Crippen LogP contribution in [0.3, 0.4) is 0 Å². The number of anilines is 2. The van der Waals surface area contributed by atoms with E-state index in [9.17, 15) is 4.79 Å². The van der Waals surface area contributed by atoms with Gasteiger partial charge in [0.05, 0.1) is 25.1 Å². The zero-order valence-corrected chi connectivity index (χ0v) is 12.6. The van der Waals surface area contributed by atoms with Crippen molar-refractivity contribution in [2.45, 2.75) is 25.8 Å². The Morgan fingerprint density at radius 1 is 1.43 bits per heavy atom. The summed E-state index contributed by atoms with van der Waals surface area (Å²) in [5.74, 6) is 0.746. The van der Waals surface area contributed by atoms with E-state index in [4.69, 9.17) is 15.2 Å². The van der Waals surface area contributed by atoms with E-state index in [1.165, 1.54) is 0 Å². The molecule has 1 heterocycles. The van der Waals surface area contributed by atoms with Gasteiger partial charge in [0, 0.05) is 25.2 Å². The molecule has 0 atom stereocenters. The molecule has 6 heteroatoms. The van der Waals surface area contributed by atoms with Gasteiger partial charge in [-0.2, -0.15) is 0 Å². The standard InChI is InChI=1S/C15H23N3O3/c1-3-21-15(19)18-8-6-11(7-9-18)17-14-5-4-12(20-2)10-13(14)16/h4-5,10-11,17H,3,6-9,16H2,1-2H3. The third kappa shape index (κ3) is 3.93. The van der Waals surface area contributed by atoms with Crippen molar-refractivity contribution < 1.29 is 14.3 Å². The molecule has 1 aromatic rings. The van der Waals surface area contributed by atoms with E-state index in [1.54, 1.807) is 18.1 Å². The topological polar surface area (TPSA) is 76.8 Å². The van der Waals surface area contributed by atoms with Gasteiger partial charge < -0.3 is 25.4 Å². The summed E-state index contributed by atoms with van der Waals surface area (Å²) in [5, 5.41) is 3.43. The Bertz CT molecular complexity index is 485. The maximum atomic E-state index is 11.6. The van der Waals surface area contributed by atoms with Crippen LogP contribution in [-0.2, 0) is 4.74 Å². The molecule has 1 aliphatic rings. The number of hydrogen-bond acceptors (Lipinski definition) is 5. The molecule has 3 N–H and O–H groups in total. The predicted octanol–water partition coefficient (Wildman–Crippen LogP) is 2.31. The van der Waals surface area contributed by atoms with Gasteiger partial charge >= 0.3 is 6.09 Å². The normalized spacial score (nSPS) is 15.6. The van der Waals surface area contributed by atoms with Gasteiger partial charge in [-0.15, -0.1) is 0 Å². The molecule has 0 aromatic heterocycles. The first-order valence-electron chi connectivity index (χ1n) is 7.25. The van der Waals surface area contributed by atoms with Crippen molar-refractivity contribution in [3.8, 4) is 5.75 Å². The van der Waals surface area contributed by atoms with Crippen molar-refractivity contribution in [1.82, 2.24) is 4.90 Å². The molecule has 6 nitrogen and oxygen atoms in total. The number of rotatable bonds is 4. The van der Waals surface area contributed by atoms with E-state index in [2.05, 4.69) is 5.32 Å². The highest BCUT2D eigenvalue weighted by Crippen LogP contribution is 2.26. The first-order chi connectivity index (χ1) is 10.1. The van der Waals surface area contributed by atoms with Gasteiger partial charge in [-0.3, -0.25) is 0 Å². The highest BCUT2D eigenvalue weighted by Gasteiger charge is 2.23. The molecule has 1 fully saturated rings. The second kappa shape index (κ2) is 7.06. The molecule has 0 spiro atoms. The number of benzene rings is 1. The molecule has 1 amide bonds. The highest BCUT2D eigenvalue weighted by atomic mass is 16.6. The molecule has 0 unspecified atom stereocenters. The maximum absolute atomic E-state index is 11.6. The fourth-order valence-electron chi connectivity index (χ4n) is 2.44. The quantitative estimate of drug-likeness (QED) is 0.833. The van der Waals surface area contributed by atoms with Crippen molar-refractivity contribution in [2.75, 3.05) is 37.9 Å². The smallest absolute Gasteiger partial charge is 0.409 e. The van der Waals surface area contributed by atoms with Crippen LogP contribution in [0.5, 0.6) is 5.75 Å². The number of carbonyl (C=O) groups excluding carboxylic acids is 1. The minimum atomic E-state index is -0.222. The number of piperidine rings is 1. The average Bonchev–Trinajstić information content (AvgIpc) is 2.50. The fraction of sp³-hybridized carbons (Fsp3) is 0.533. The van der Waals surface area contributed by atoms with E-state index < -0.39 is 0 Å². The van der Waals surface area contributed by atoms with Crippen molar-refractivity contribution >= 4 is 17.5 Å². The zero-order chi connectivity index (χ0) is 15.2. The summed E-state index contributed by atoms with van der Waals surface area (Å²) in [6.07, 6.45) is 1.54. The van der Waals surface area contributed by atoms with E-state index in [1.807, 2.05) is 19.1 Å². The van der Waals surface area contributed by atoms with Gasteiger partial charge in [-0.25, -0.2) is 4.79 Å². The third-order valence-electron chi connectivity index (χ3n) is 3.64. The van der Waals surface area contributed by atoms with Gasteiger partial charge in [0.2, 0.25) is 0 Å². The van der Waals surface area contributed by atoms with Crippen molar-refractivity contribution in [3.05, 3.63) is 18.2 Å². The fourth-order valence-corrected chi connectivity index (χ4v) is 2.44. The first kappa shape index (κ1) is 15.3. The second-order valence-electron chi connectivity index (χ2n) is 5.06. The first-order valence-corrected chi connectivity index (χ1v) is 7.25. The maximum Gasteiger partial charge on any atom is 0.409 e. The van der Waals surface area contributed by atoms with Gasteiger partial charge in [0.25, 0.3) is 0 Å². The number of carbonyl (C=O) groups is 1. The molecule has 116 valence electrons.